The van der Waals surface area contributed by atoms with Gasteiger partial charge in [-0.25, -0.2) is 0 Å². The van der Waals surface area contributed by atoms with Gasteiger partial charge in [-0.1, -0.05) is 12.1 Å². The Balaban J connectivity index is 0.00000289. The van der Waals surface area contributed by atoms with Gasteiger partial charge < -0.3 is 15.8 Å². The first kappa shape index (κ1) is 16.7. The van der Waals surface area contributed by atoms with Crippen LogP contribution in [0, 0.1) is 0 Å². The van der Waals surface area contributed by atoms with E-state index in [1.54, 1.807) is 7.11 Å². The third-order valence-corrected chi connectivity index (χ3v) is 2.45. The van der Waals surface area contributed by atoms with E-state index in [9.17, 15) is 4.79 Å². The van der Waals surface area contributed by atoms with Crippen LogP contribution in [0.5, 0.6) is 5.75 Å². The van der Waals surface area contributed by atoms with Crippen LogP contribution in [0.15, 0.2) is 24.3 Å². The summed E-state index contributed by atoms with van der Waals surface area (Å²) >= 11 is 0. The molecule has 102 valence electrons. The quantitative estimate of drug-likeness (QED) is 0.740. The molecule has 0 fully saturated rings. The molecule has 0 aromatic heterocycles. The minimum absolute atomic E-state index is 0. The molecule has 1 rings (SSSR count). The zero-order chi connectivity index (χ0) is 12.5. The predicted octanol–water partition coefficient (Wildman–Crippen LogP) is 1.51. The zero-order valence-corrected chi connectivity index (χ0v) is 11.5. The highest BCUT2D eigenvalue weighted by atomic mass is 35.5. The van der Waals surface area contributed by atoms with Gasteiger partial charge in [-0.05, 0) is 37.1 Å². The first-order valence-electron chi connectivity index (χ1n) is 5.86. The van der Waals surface area contributed by atoms with Crippen LogP contribution in [0.3, 0.4) is 0 Å². The lowest BCUT2D eigenvalue weighted by atomic mass is 10.1. The lowest BCUT2D eigenvalue weighted by Crippen LogP contribution is -2.26. The molecule has 0 bridgehead atoms. The van der Waals surface area contributed by atoms with Crippen molar-refractivity contribution in [2.75, 3.05) is 20.2 Å². The van der Waals surface area contributed by atoms with Gasteiger partial charge in [0, 0.05) is 6.54 Å². The number of nitrogens with one attached hydrogen (secondary N) is 1. The SMILES string of the molecule is COc1cccc(CC(=O)NCCCCN)c1.Cl. The molecule has 0 spiro atoms. The van der Waals surface area contributed by atoms with Gasteiger partial charge in [0.1, 0.15) is 5.75 Å². The number of carbonyl (C=O) groups excluding carboxylic acids is 1. The average molecular weight is 273 g/mol. The average Bonchev–Trinajstić information content (AvgIpc) is 2.35. The Morgan fingerprint density at radius 2 is 2.17 bits per heavy atom. The highest BCUT2D eigenvalue weighted by Crippen LogP contribution is 2.12. The van der Waals surface area contributed by atoms with E-state index in [0.717, 1.165) is 24.2 Å². The lowest BCUT2D eigenvalue weighted by Gasteiger charge is -2.06. The van der Waals surface area contributed by atoms with Crippen LogP contribution >= 0.6 is 12.4 Å². The van der Waals surface area contributed by atoms with Crippen molar-refractivity contribution in [2.45, 2.75) is 19.3 Å². The molecule has 0 atom stereocenters. The van der Waals surface area contributed by atoms with Crippen molar-refractivity contribution in [3.05, 3.63) is 29.8 Å². The summed E-state index contributed by atoms with van der Waals surface area (Å²) in [4.78, 5) is 11.6. The van der Waals surface area contributed by atoms with Gasteiger partial charge >= 0.3 is 0 Å². The molecule has 0 saturated heterocycles. The summed E-state index contributed by atoms with van der Waals surface area (Å²) in [5.74, 6) is 0.814. The first-order chi connectivity index (χ1) is 8.26. The second-order valence-electron chi connectivity index (χ2n) is 3.87. The number of nitrogens with two attached hydrogens (primary N) is 1. The largest absolute Gasteiger partial charge is 0.497 e. The molecular weight excluding hydrogens is 252 g/mol. The van der Waals surface area contributed by atoms with Gasteiger partial charge in [0.25, 0.3) is 0 Å². The Morgan fingerprint density at radius 3 is 2.83 bits per heavy atom. The monoisotopic (exact) mass is 272 g/mol. The van der Waals surface area contributed by atoms with Crippen LogP contribution in [0.1, 0.15) is 18.4 Å². The Bertz CT molecular complexity index is 359. The normalized spacial score (nSPS) is 9.44. The second-order valence-corrected chi connectivity index (χ2v) is 3.87. The Labute approximate surface area is 114 Å². The van der Waals surface area contributed by atoms with Crippen molar-refractivity contribution in [1.29, 1.82) is 0 Å². The van der Waals surface area contributed by atoms with Gasteiger partial charge in [0.2, 0.25) is 5.91 Å². The van der Waals surface area contributed by atoms with Crippen molar-refractivity contribution in [3.63, 3.8) is 0 Å². The maximum absolute atomic E-state index is 11.6. The van der Waals surface area contributed by atoms with Crippen LogP contribution < -0.4 is 15.8 Å². The van der Waals surface area contributed by atoms with Crippen LogP contribution in [0.4, 0.5) is 0 Å². The fraction of sp³-hybridized carbons (Fsp3) is 0.462. The number of rotatable bonds is 7. The van der Waals surface area contributed by atoms with Crippen LogP contribution in [0.25, 0.3) is 0 Å². The highest BCUT2D eigenvalue weighted by Gasteiger charge is 2.03. The molecule has 18 heavy (non-hydrogen) atoms. The number of amides is 1. The standard InChI is InChI=1S/C13H20N2O2.ClH/c1-17-12-6-4-5-11(9-12)10-13(16)15-8-3-2-7-14;/h4-6,9H,2-3,7-8,10,14H2,1H3,(H,15,16);1H. The summed E-state index contributed by atoms with van der Waals surface area (Å²) in [7, 11) is 1.62. The molecule has 1 amide bonds. The number of hydrogen-bond donors (Lipinski definition) is 2. The summed E-state index contributed by atoms with van der Waals surface area (Å²) in [6, 6.07) is 7.54. The van der Waals surface area contributed by atoms with E-state index in [1.807, 2.05) is 24.3 Å². The van der Waals surface area contributed by atoms with Crippen molar-refractivity contribution in [1.82, 2.24) is 5.32 Å². The molecule has 0 heterocycles. The number of unbranched alkanes of at least 4 members (excludes halogenated alkanes) is 1. The van der Waals surface area contributed by atoms with Gasteiger partial charge in [0.05, 0.1) is 13.5 Å². The van der Waals surface area contributed by atoms with Crippen molar-refractivity contribution in [2.24, 2.45) is 5.73 Å². The number of methoxy groups -OCH3 is 1. The number of hydrogen-bond acceptors (Lipinski definition) is 3. The summed E-state index contributed by atoms with van der Waals surface area (Å²) < 4.78 is 5.10. The topological polar surface area (TPSA) is 64.3 Å². The second kappa shape index (κ2) is 9.74. The molecule has 3 N–H and O–H groups in total. The molecule has 0 unspecified atom stereocenters. The van der Waals surface area contributed by atoms with Crippen LogP contribution in [-0.4, -0.2) is 26.1 Å². The summed E-state index contributed by atoms with van der Waals surface area (Å²) in [6.45, 7) is 1.37. The lowest BCUT2D eigenvalue weighted by molar-refractivity contribution is -0.120. The van der Waals surface area contributed by atoms with Crippen molar-refractivity contribution >= 4 is 18.3 Å². The van der Waals surface area contributed by atoms with E-state index >= 15 is 0 Å². The molecule has 0 aliphatic heterocycles. The zero-order valence-electron chi connectivity index (χ0n) is 10.6. The molecule has 1 aromatic rings. The van der Waals surface area contributed by atoms with E-state index in [1.165, 1.54) is 0 Å². The fourth-order valence-corrected chi connectivity index (χ4v) is 1.53. The van der Waals surface area contributed by atoms with E-state index in [-0.39, 0.29) is 18.3 Å². The summed E-state index contributed by atoms with van der Waals surface area (Å²) in [5, 5.41) is 2.87. The molecule has 0 aliphatic carbocycles. The molecule has 0 saturated carbocycles. The van der Waals surface area contributed by atoms with E-state index in [2.05, 4.69) is 5.32 Å². The number of ether oxygens (including phenoxy) is 1. The Hall–Kier alpha value is -1.26. The van der Waals surface area contributed by atoms with Gasteiger partial charge in [-0.2, -0.15) is 0 Å². The first-order valence-corrected chi connectivity index (χ1v) is 5.86. The minimum atomic E-state index is 0. The molecule has 0 aliphatic rings. The molecule has 5 heteroatoms. The Kier molecular flexibility index (Phi) is 9.06. The maximum Gasteiger partial charge on any atom is 0.224 e. The highest BCUT2D eigenvalue weighted by molar-refractivity contribution is 5.85. The molecule has 0 radical (unpaired) electrons. The number of halogens is 1. The third kappa shape index (κ3) is 6.47. The van der Waals surface area contributed by atoms with Crippen LogP contribution in [0.2, 0.25) is 0 Å². The van der Waals surface area contributed by atoms with E-state index in [4.69, 9.17) is 10.5 Å². The maximum atomic E-state index is 11.6. The smallest absolute Gasteiger partial charge is 0.224 e. The van der Waals surface area contributed by atoms with E-state index < -0.39 is 0 Å². The van der Waals surface area contributed by atoms with Crippen LogP contribution in [-0.2, 0) is 11.2 Å². The predicted molar refractivity (Wildman–Crippen MR) is 75.2 cm³/mol. The third-order valence-electron chi connectivity index (χ3n) is 2.45. The molecule has 4 nitrogen and oxygen atoms in total. The summed E-state index contributed by atoms with van der Waals surface area (Å²) in [5.41, 5.74) is 6.33. The Morgan fingerprint density at radius 1 is 1.39 bits per heavy atom. The fourth-order valence-electron chi connectivity index (χ4n) is 1.53. The minimum Gasteiger partial charge on any atom is -0.497 e. The van der Waals surface area contributed by atoms with Gasteiger partial charge in [-0.15, -0.1) is 12.4 Å². The van der Waals surface area contributed by atoms with Gasteiger partial charge in [0.15, 0.2) is 0 Å². The van der Waals surface area contributed by atoms with Crippen molar-refractivity contribution < 1.29 is 9.53 Å². The number of carbonyl (C=O) groups is 1. The van der Waals surface area contributed by atoms with E-state index in [0.29, 0.717) is 19.5 Å². The van der Waals surface area contributed by atoms with Gasteiger partial charge in [-0.3, -0.25) is 4.79 Å². The molecular formula is C13H21ClN2O2. The molecule has 1 aromatic carbocycles. The van der Waals surface area contributed by atoms with Crippen molar-refractivity contribution in [3.8, 4) is 5.75 Å². The number of benzene rings is 1. The summed E-state index contributed by atoms with van der Waals surface area (Å²) in [6.07, 6.45) is 2.26.